The van der Waals surface area contributed by atoms with Gasteiger partial charge in [-0.3, -0.25) is 9.78 Å². The Balaban J connectivity index is 1.27. The predicted octanol–water partition coefficient (Wildman–Crippen LogP) is 3.34. The molecule has 3 fully saturated rings. The van der Waals surface area contributed by atoms with Gasteiger partial charge in [-0.15, -0.1) is 0 Å². The van der Waals surface area contributed by atoms with Gasteiger partial charge >= 0.3 is 0 Å². The molecule has 3 saturated heterocycles. The Bertz CT molecular complexity index is 864. The summed E-state index contributed by atoms with van der Waals surface area (Å²) in [6.07, 6.45) is 7.56. The SMILES string of the molecule is O=C(c1cnc2ccccc2c1)N1CCC[C@@]2(C[C@H](CN3CCCC3)CO2)C1. The summed E-state index contributed by atoms with van der Waals surface area (Å²) in [7, 11) is 0. The van der Waals surface area contributed by atoms with Crippen molar-refractivity contribution in [2.24, 2.45) is 5.92 Å². The maximum atomic E-state index is 13.2. The molecule has 2 aromatic rings. The molecule has 0 saturated carbocycles. The van der Waals surface area contributed by atoms with Gasteiger partial charge in [0.05, 0.1) is 23.3 Å². The zero-order chi connectivity index (χ0) is 19.0. The lowest BCUT2D eigenvalue weighted by Crippen LogP contribution is -2.50. The number of carbonyl (C=O) groups excluding carboxylic acids is 1. The lowest BCUT2D eigenvalue weighted by atomic mass is 9.86. The van der Waals surface area contributed by atoms with Crippen molar-refractivity contribution < 1.29 is 9.53 Å². The maximum Gasteiger partial charge on any atom is 0.255 e. The van der Waals surface area contributed by atoms with Crippen molar-refractivity contribution in [1.82, 2.24) is 14.8 Å². The van der Waals surface area contributed by atoms with Gasteiger partial charge in [-0.25, -0.2) is 0 Å². The second kappa shape index (κ2) is 7.45. The molecule has 0 bridgehead atoms. The number of para-hydroxylation sites is 1. The van der Waals surface area contributed by atoms with Crippen molar-refractivity contribution in [1.29, 1.82) is 0 Å². The molecule has 0 aliphatic carbocycles. The van der Waals surface area contributed by atoms with Crippen molar-refractivity contribution in [3.63, 3.8) is 0 Å². The van der Waals surface area contributed by atoms with Crippen LogP contribution in [0.2, 0.25) is 0 Å². The minimum Gasteiger partial charge on any atom is -0.373 e. The van der Waals surface area contributed by atoms with E-state index < -0.39 is 0 Å². The fraction of sp³-hybridized carbons (Fsp3) is 0.565. The second-order valence-electron chi connectivity index (χ2n) is 8.82. The van der Waals surface area contributed by atoms with Gasteiger partial charge in [0.1, 0.15) is 0 Å². The molecule has 1 aromatic carbocycles. The van der Waals surface area contributed by atoms with E-state index in [-0.39, 0.29) is 11.5 Å². The van der Waals surface area contributed by atoms with Crippen LogP contribution in [-0.2, 0) is 4.74 Å². The maximum absolute atomic E-state index is 13.2. The molecule has 1 amide bonds. The fourth-order valence-electron chi connectivity index (χ4n) is 5.31. The van der Waals surface area contributed by atoms with E-state index in [2.05, 4.69) is 9.88 Å². The minimum atomic E-state index is -0.136. The van der Waals surface area contributed by atoms with E-state index in [1.165, 1.54) is 25.9 Å². The zero-order valence-electron chi connectivity index (χ0n) is 16.5. The average molecular weight is 380 g/mol. The number of carbonyl (C=O) groups is 1. The zero-order valence-corrected chi connectivity index (χ0v) is 16.5. The molecule has 28 heavy (non-hydrogen) atoms. The number of piperidine rings is 1. The van der Waals surface area contributed by atoms with Gasteiger partial charge < -0.3 is 14.5 Å². The van der Waals surface area contributed by atoms with E-state index in [1.54, 1.807) is 6.20 Å². The molecule has 0 unspecified atom stereocenters. The third kappa shape index (κ3) is 3.53. The minimum absolute atomic E-state index is 0.0870. The first-order chi connectivity index (χ1) is 13.7. The highest BCUT2D eigenvalue weighted by Crippen LogP contribution is 2.38. The van der Waals surface area contributed by atoms with Gasteiger partial charge in [0.2, 0.25) is 0 Å². The molecule has 1 aromatic heterocycles. The number of hydrogen-bond donors (Lipinski definition) is 0. The summed E-state index contributed by atoms with van der Waals surface area (Å²) < 4.78 is 6.35. The topological polar surface area (TPSA) is 45.7 Å². The number of fused-ring (bicyclic) bond motifs is 1. The Labute approximate surface area is 166 Å². The van der Waals surface area contributed by atoms with Gasteiger partial charge in [-0.1, -0.05) is 18.2 Å². The van der Waals surface area contributed by atoms with Crippen LogP contribution in [0.3, 0.4) is 0 Å². The lowest BCUT2D eigenvalue weighted by Gasteiger charge is -2.40. The van der Waals surface area contributed by atoms with E-state index in [0.717, 1.165) is 56.4 Å². The molecular weight excluding hydrogens is 350 g/mol. The van der Waals surface area contributed by atoms with Crippen LogP contribution < -0.4 is 0 Å². The van der Waals surface area contributed by atoms with Crippen LogP contribution in [0, 0.1) is 5.92 Å². The van der Waals surface area contributed by atoms with Gasteiger partial charge in [0, 0.05) is 31.2 Å². The molecular formula is C23H29N3O2. The average Bonchev–Trinajstić information content (AvgIpc) is 3.38. The van der Waals surface area contributed by atoms with Crippen LogP contribution in [0.5, 0.6) is 0 Å². The number of amides is 1. The molecule has 3 aliphatic heterocycles. The van der Waals surface area contributed by atoms with Crippen molar-refractivity contribution in [2.45, 2.75) is 37.7 Å². The smallest absolute Gasteiger partial charge is 0.255 e. The van der Waals surface area contributed by atoms with Crippen LogP contribution in [0.1, 0.15) is 42.5 Å². The summed E-state index contributed by atoms with van der Waals surface area (Å²) in [5.41, 5.74) is 1.48. The van der Waals surface area contributed by atoms with Crippen LogP contribution >= 0.6 is 0 Å². The standard InChI is InChI=1S/C23H29N3O2/c27-22(20-12-19-6-1-2-7-21(19)24-14-20)26-11-5-8-23(17-26)13-18(16-28-23)15-25-9-3-4-10-25/h1-2,6-7,12,14,18H,3-5,8-11,13,15-17H2/t18-,23-/m1/s1. The molecule has 0 N–H and O–H groups in total. The Morgan fingerprint density at radius 3 is 2.93 bits per heavy atom. The van der Waals surface area contributed by atoms with E-state index in [4.69, 9.17) is 4.74 Å². The highest BCUT2D eigenvalue weighted by molar-refractivity contribution is 5.97. The summed E-state index contributed by atoms with van der Waals surface area (Å²) in [6.45, 7) is 6.01. The molecule has 3 aliphatic rings. The van der Waals surface area contributed by atoms with Gasteiger partial charge in [-0.2, -0.15) is 0 Å². The monoisotopic (exact) mass is 379 g/mol. The van der Waals surface area contributed by atoms with Crippen LogP contribution in [0.25, 0.3) is 10.9 Å². The number of nitrogens with zero attached hydrogens (tertiary/aromatic N) is 3. The summed E-state index contributed by atoms with van der Waals surface area (Å²) in [5, 5.41) is 1.02. The molecule has 0 radical (unpaired) electrons. The Morgan fingerprint density at radius 1 is 1.18 bits per heavy atom. The fourth-order valence-corrected chi connectivity index (χ4v) is 5.31. The molecule has 1 spiro atoms. The van der Waals surface area contributed by atoms with Crippen molar-refractivity contribution in [3.05, 3.63) is 42.1 Å². The Kier molecular flexibility index (Phi) is 4.81. The summed E-state index contributed by atoms with van der Waals surface area (Å²) in [4.78, 5) is 22.2. The number of pyridine rings is 1. The van der Waals surface area contributed by atoms with Crippen LogP contribution in [0.15, 0.2) is 36.5 Å². The number of benzene rings is 1. The first-order valence-electron chi connectivity index (χ1n) is 10.7. The third-order valence-corrected chi connectivity index (χ3v) is 6.67. The summed E-state index contributed by atoms with van der Waals surface area (Å²) in [5.74, 6) is 0.694. The molecule has 5 nitrogen and oxygen atoms in total. The summed E-state index contributed by atoms with van der Waals surface area (Å²) >= 11 is 0. The first kappa shape index (κ1) is 18.1. The first-order valence-corrected chi connectivity index (χ1v) is 10.7. The van der Waals surface area contributed by atoms with Crippen LogP contribution in [-0.4, -0.2) is 65.6 Å². The number of hydrogen-bond acceptors (Lipinski definition) is 4. The summed E-state index contributed by atoms with van der Waals surface area (Å²) in [6, 6.07) is 9.92. The van der Waals surface area contributed by atoms with Gasteiger partial charge in [0.15, 0.2) is 0 Å². The molecule has 5 heteroatoms. The number of rotatable bonds is 3. The Hall–Kier alpha value is -1.98. The second-order valence-corrected chi connectivity index (χ2v) is 8.82. The van der Waals surface area contributed by atoms with Crippen molar-refractivity contribution in [2.75, 3.05) is 39.3 Å². The van der Waals surface area contributed by atoms with Gasteiger partial charge in [0.25, 0.3) is 5.91 Å². The molecule has 2 atom stereocenters. The third-order valence-electron chi connectivity index (χ3n) is 6.67. The highest BCUT2D eigenvalue weighted by Gasteiger charge is 2.44. The van der Waals surface area contributed by atoms with E-state index >= 15 is 0 Å². The Morgan fingerprint density at radius 2 is 2.04 bits per heavy atom. The van der Waals surface area contributed by atoms with E-state index in [9.17, 15) is 4.79 Å². The predicted molar refractivity (Wildman–Crippen MR) is 109 cm³/mol. The number of ether oxygens (including phenoxy) is 1. The van der Waals surface area contributed by atoms with E-state index in [0.29, 0.717) is 11.5 Å². The molecule has 5 rings (SSSR count). The molecule has 4 heterocycles. The largest absolute Gasteiger partial charge is 0.373 e. The van der Waals surface area contributed by atoms with Crippen molar-refractivity contribution >= 4 is 16.8 Å². The lowest BCUT2D eigenvalue weighted by molar-refractivity contribution is -0.0450. The highest BCUT2D eigenvalue weighted by atomic mass is 16.5. The quantitative estimate of drug-likeness (QED) is 0.821. The van der Waals surface area contributed by atoms with Crippen molar-refractivity contribution in [3.8, 4) is 0 Å². The number of likely N-dealkylation sites (tertiary alicyclic amines) is 2. The molecule has 148 valence electrons. The normalized spacial score (nSPS) is 28.4. The van der Waals surface area contributed by atoms with Gasteiger partial charge in [-0.05, 0) is 63.2 Å². The van der Waals surface area contributed by atoms with Crippen LogP contribution in [0.4, 0.5) is 0 Å². The van der Waals surface area contributed by atoms with E-state index in [1.807, 2.05) is 35.2 Å². The number of aromatic nitrogens is 1.